The molecule has 2 heteroatoms. The van der Waals surface area contributed by atoms with Crippen LogP contribution in [-0.2, 0) is 7.05 Å². The largest absolute Gasteiger partial charge is 0.265 e. The van der Waals surface area contributed by atoms with E-state index in [9.17, 15) is 0 Å². The van der Waals surface area contributed by atoms with Gasteiger partial charge in [-0.05, 0) is 40.8 Å². The van der Waals surface area contributed by atoms with Crippen molar-refractivity contribution in [2.24, 2.45) is 7.05 Å². The quantitative estimate of drug-likeness (QED) is 0.577. The maximum Gasteiger partial charge on any atom is 0.176 e. The molecule has 2 nitrogen and oxygen atoms in total. The zero-order valence-electron chi connectivity index (χ0n) is 9.67. The zero-order chi connectivity index (χ0) is 11.7. The molecule has 0 N–H and O–H groups in total. The van der Waals surface area contributed by atoms with Gasteiger partial charge in [0, 0.05) is 23.8 Å². The number of nitrogens with zero attached hydrogens (tertiary/aromatic N) is 2. The van der Waals surface area contributed by atoms with Gasteiger partial charge >= 0.3 is 0 Å². The number of benzene rings is 1. The molecule has 0 atom stereocenters. The van der Waals surface area contributed by atoms with E-state index in [0.717, 1.165) is 0 Å². The predicted octanol–water partition coefficient (Wildman–Crippen LogP) is 2.73. The average Bonchev–Trinajstić information content (AvgIpc) is 2.39. The van der Waals surface area contributed by atoms with Crippen LogP contribution in [0.5, 0.6) is 0 Å². The van der Waals surface area contributed by atoms with Crippen molar-refractivity contribution in [3.8, 4) is 11.1 Å². The summed E-state index contributed by atoms with van der Waals surface area (Å²) in [5.74, 6) is 0. The van der Waals surface area contributed by atoms with Crippen LogP contribution in [0.25, 0.3) is 21.9 Å². The highest BCUT2D eigenvalue weighted by molar-refractivity contribution is 5.85. The third-order valence-electron chi connectivity index (χ3n) is 2.93. The second-order valence-corrected chi connectivity index (χ2v) is 4.19. The summed E-state index contributed by atoms with van der Waals surface area (Å²) in [4.78, 5) is 4.04. The lowest BCUT2D eigenvalue weighted by atomic mass is 10.0. The van der Waals surface area contributed by atoms with E-state index in [1.807, 2.05) is 31.6 Å². The molecule has 0 saturated carbocycles. The van der Waals surface area contributed by atoms with Crippen LogP contribution in [0, 0.1) is 0 Å². The standard InChI is InChI=1S/C15H13N2/c1-17-9-6-14-10-13(2-3-15(14)11-17)12-4-7-16-8-5-12/h2-11H,1H3/q+1. The molecular formula is C15H13N2+. The Morgan fingerprint density at radius 3 is 2.53 bits per heavy atom. The van der Waals surface area contributed by atoms with Crippen molar-refractivity contribution >= 4 is 10.8 Å². The van der Waals surface area contributed by atoms with Crippen LogP contribution in [0.3, 0.4) is 0 Å². The van der Waals surface area contributed by atoms with Crippen molar-refractivity contribution in [2.75, 3.05) is 0 Å². The Morgan fingerprint density at radius 2 is 1.71 bits per heavy atom. The van der Waals surface area contributed by atoms with Crippen LogP contribution in [0.4, 0.5) is 0 Å². The maximum atomic E-state index is 4.04. The normalized spacial score (nSPS) is 10.6. The van der Waals surface area contributed by atoms with Gasteiger partial charge in [-0.15, -0.1) is 0 Å². The van der Waals surface area contributed by atoms with Gasteiger partial charge in [0.15, 0.2) is 12.4 Å². The Bertz CT molecular complexity index is 660. The summed E-state index contributed by atoms with van der Waals surface area (Å²) >= 11 is 0. The number of aromatic nitrogens is 2. The van der Waals surface area contributed by atoms with Gasteiger partial charge in [-0.25, -0.2) is 4.57 Å². The fourth-order valence-electron chi connectivity index (χ4n) is 2.02. The van der Waals surface area contributed by atoms with Gasteiger partial charge in [-0.1, -0.05) is 6.07 Å². The van der Waals surface area contributed by atoms with Gasteiger partial charge in [-0.3, -0.25) is 4.98 Å². The monoisotopic (exact) mass is 221 g/mol. The lowest BCUT2D eigenvalue weighted by Crippen LogP contribution is -2.25. The third-order valence-corrected chi connectivity index (χ3v) is 2.93. The molecule has 0 spiro atoms. The number of hydrogen-bond acceptors (Lipinski definition) is 1. The molecule has 0 saturated heterocycles. The average molecular weight is 221 g/mol. The molecule has 0 radical (unpaired) electrons. The van der Waals surface area contributed by atoms with Crippen molar-refractivity contribution in [3.05, 3.63) is 61.2 Å². The Morgan fingerprint density at radius 1 is 0.882 bits per heavy atom. The summed E-state index contributed by atoms with van der Waals surface area (Å²) in [6, 6.07) is 12.7. The molecule has 3 aromatic rings. The van der Waals surface area contributed by atoms with Gasteiger partial charge in [0.25, 0.3) is 0 Å². The topological polar surface area (TPSA) is 16.8 Å². The summed E-state index contributed by atoms with van der Waals surface area (Å²) in [6.45, 7) is 0. The second kappa shape index (κ2) is 3.98. The van der Waals surface area contributed by atoms with E-state index < -0.39 is 0 Å². The van der Waals surface area contributed by atoms with E-state index in [2.05, 4.69) is 46.2 Å². The molecule has 17 heavy (non-hydrogen) atoms. The van der Waals surface area contributed by atoms with E-state index in [4.69, 9.17) is 0 Å². The first-order chi connectivity index (χ1) is 8.33. The van der Waals surface area contributed by atoms with Gasteiger partial charge in [0.05, 0.1) is 0 Å². The van der Waals surface area contributed by atoms with Crippen molar-refractivity contribution in [2.45, 2.75) is 0 Å². The van der Waals surface area contributed by atoms with E-state index in [1.54, 1.807) is 0 Å². The molecule has 82 valence electrons. The van der Waals surface area contributed by atoms with Crippen molar-refractivity contribution < 1.29 is 4.57 Å². The van der Waals surface area contributed by atoms with Gasteiger partial charge in [-0.2, -0.15) is 0 Å². The molecule has 0 bridgehead atoms. The Hall–Kier alpha value is -2.22. The fourth-order valence-corrected chi connectivity index (χ4v) is 2.02. The molecule has 0 unspecified atom stereocenters. The highest BCUT2D eigenvalue weighted by Gasteiger charge is 2.02. The van der Waals surface area contributed by atoms with Crippen molar-refractivity contribution in [1.29, 1.82) is 0 Å². The number of fused-ring (bicyclic) bond motifs is 1. The van der Waals surface area contributed by atoms with Gasteiger partial charge in [0.2, 0.25) is 0 Å². The van der Waals surface area contributed by atoms with Crippen LogP contribution in [-0.4, -0.2) is 4.98 Å². The van der Waals surface area contributed by atoms with Crippen LogP contribution >= 0.6 is 0 Å². The van der Waals surface area contributed by atoms with Gasteiger partial charge in [0.1, 0.15) is 7.05 Å². The van der Waals surface area contributed by atoms with Crippen LogP contribution < -0.4 is 4.57 Å². The SMILES string of the molecule is C[n+]1ccc2cc(-c3ccncc3)ccc2c1. The molecule has 1 aromatic carbocycles. The lowest BCUT2D eigenvalue weighted by molar-refractivity contribution is -0.670. The van der Waals surface area contributed by atoms with E-state index >= 15 is 0 Å². The predicted molar refractivity (Wildman–Crippen MR) is 68.4 cm³/mol. The molecule has 0 aliphatic rings. The molecule has 0 fully saturated rings. The summed E-state index contributed by atoms with van der Waals surface area (Å²) in [6.07, 6.45) is 7.85. The first-order valence-electron chi connectivity index (χ1n) is 5.62. The number of hydrogen-bond donors (Lipinski definition) is 0. The summed E-state index contributed by atoms with van der Waals surface area (Å²) in [5.41, 5.74) is 2.43. The third kappa shape index (κ3) is 1.89. The Labute approximate surface area is 100 Å². The fraction of sp³-hybridized carbons (Fsp3) is 0.0667. The summed E-state index contributed by atoms with van der Waals surface area (Å²) in [7, 11) is 2.04. The summed E-state index contributed by atoms with van der Waals surface area (Å²) < 4.78 is 2.06. The lowest BCUT2D eigenvalue weighted by Gasteiger charge is -2.02. The van der Waals surface area contributed by atoms with Crippen LogP contribution in [0.15, 0.2) is 61.2 Å². The van der Waals surface area contributed by atoms with Crippen LogP contribution in [0.2, 0.25) is 0 Å². The van der Waals surface area contributed by atoms with E-state index in [1.165, 1.54) is 21.9 Å². The molecular weight excluding hydrogens is 208 g/mol. The molecule has 3 rings (SSSR count). The second-order valence-electron chi connectivity index (χ2n) is 4.19. The first kappa shape index (κ1) is 9.97. The molecule has 0 amide bonds. The Balaban J connectivity index is 2.17. The molecule has 0 aliphatic carbocycles. The number of rotatable bonds is 1. The van der Waals surface area contributed by atoms with E-state index in [0.29, 0.717) is 0 Å². The zero-order valence-corrected chi connectivity index (χ0v) is 9.67. The highest BCUT2D eigenvalue weighted by atomic mass is 14.9. The van der Waals surface area contributed by atoms with Crippen LogP contribution in [0.1, 0.15) is 0 Å². The van der Waals surface area contributed by atoms with Crippen molar-refractivity contribution in [1.82, 2.24) is 4.98 Å². The Kier molecular flexibility index (Phi) is 2.33. The summed E-state index contributed by atoms with van der Waals surface area (Å²) in [5, 5.41) is 2.52. The molecule has 0 aliphatic heterocycles. The minimum Gasteiger partial charge on any atom is -0.265 e. The minimum atomic E-state index is 1.20. The van der Waals surface area contributed by atoms with Crippen molar-refractivity contribution in [3.63, 3.8) is 0 Å². The van der Waals surface area contributed by atoms with Gasteiger partial charge < -0.3 is 0 Å². The molecule has 2 aromatic heterocycles. The van der Waals surface area contributed by atoms with E-state index in [-0.39, 0.29) is 0 Å². The minimum absolute atomic E-state index is 1.20. The number of aryl methyl sites for hydroxylation is 1. The smallest absolute Gasteiger partial charge is 0.176 e. The number of pyridine rings is 2. The molecule has 2 heterocycles. The maximum absolute atomic E-state index is 4.04. The first-order valence-corrected chi connectivity index (χ1v) is 5.62. The highest BCUT2D eigenvalue weighted by Crippen LogP contribution is 2.22.